The molecule has 2 aromatic heterocycles. The van der Waals surface area contributed by atoms with E-state index in [2.05, 4.69) is 30.7 Å². The molecule has 0 radical (unpaired) electrons. The summed E-state index contributed by atoms with van der Waals surface area (Å²) in [4.78, 5) is 31.2. The van der Waals surface area contributed by atoms with Crippen LogP contribution in [0.3, 0.4) is 0 Å². The summed E-state index contributed by atoms with van der Waals surface area (Å²) in [7, 11) is 1.65. The number of aromatic nitrogens is 4. The molecule has 0 saturated heterocycles. The van der Waals surface area contributed by atoms with Crippen LogP contribution >= 0.6 is 11.8 Å². The van der Waals surface area contributed by atoms with Crippen molar-refractivity contribution in [3.63, 3.8) is 0 Å². The van der Waals surface area contributed by atoms with Crippen molar-refractivity contribution < 1.29 is 0 Å². The van der Waals surface area contributed by atoms with Crippen LogP contribution in [-0.4, -0.2) is 24.4 Å². The van der Waals surface area contributed by atoms with Crippen LogP contribution in [0.5, 0.6) is 0 Å². The third-order valence-electron chi connectivity index (χ3n) is 4.34. The number of thioether (sulfide) groups is 1. The molecule has 6 nitrogen and oxygen atoms in total. The molecule has 0 bridgehead atoms. The third-order valence-corrected chi connectivity index (χ3v) is 5.60. The van der Waals surface area contributed by atoms with E-state index in [9.17, 15) is 9.59 Å². The smallest absolute Gasteiger partial charge is 0.313 e. The maximum absolute atomic E-state index is 12.3. The Bertz CT molecular complexity index is 790. The largest absolute Gasteiger partial charge is 0.329 e. The highest BCUT2D eigenvalue weighted by Gasteiger charge is 2.18. The minimum absolute atomic E-state index is 0.342. The SMILES string of the molecule is CCCCCCCn1c(S[C@H](C)CC)nc2c1c(=O)[nH]c(=O)n2C. The zero-order valence-electron chi connectivity index (χ0n) is 15.1. The fourth-order valence-corrected chi connectivity index (χ4v) is 3.62. The fraction of sp³-hybridized carbons (Fsp3) is 0.706. The van der Waals surface area contributed by atoms with Gasteiger partial charge in [0, 0.05) is 18.8 Å². The molecule has 0 unspecified atom stereocenters. The van der Waals surface area contributed by atoms with Gasteiger partial charge in [-0.15, -0.1) is 0 Å². The van der Waals surface area contributed by atoms with Crippen LogP contribution < -0.4 is 11.2 Å². The molecule has 2 rings (SSSR count). The van der Waals surface area contributed by atoms with E-state index in [4.69, 9.17) is 0 Å². The molecule has 0 spiro atoms. The first-order valence-electron chi connectivity index (χ1n) is 8.85. The lowest BCUT2D eigenvalue weighted by molar-refractivity contribution is 0.551. The summed E-state index contributed by atoms with van der Waals surface area (Å²) in [5.74, 6) is 0. The number of fused-ring (bicyclic) bond motifs is 1. The summed E-state index contributed by atoms with van der Waals surface area (Å²) in [5, 5.41) is 1.25. The van der Waals surface area contributed by atoms with Gasteiger partial charge in [-0.2, -0.15) is 0 Å². The van der Waals surface area contributed by atoms with Gasteiger partial charge in [-0.3, -0.25) is 14.3 Å². The molecule has 2 aromatic rings. The number of rotatable bonds is 9. The van der Waals surface area contributed by atoms with Crippen LogP contribution in [0.15, 0.2) is 14.7 Å². The molecular weight excluding hydrogens is 324 g/mol. The molecule has 0 aliphatic rings. The van der Waals surface area contributed by atoms with Crippen molar-refractivity contribution in [3.8, 4) is 0 Å². The molecule has 0 amide bonds. The second-order valence-electron chi connectivity index (χ2n) is 6.29. The highest BCUT2D eigenvalue weighted by molar-refractivity contribution is 7.99. The minimum Gasteiger partial charge on any atom is -0.313 e. The monoisotopic (exact) mass is 352 g/mol. The molecule has 0 saturated carbocycles. The summed E-state index contributed by atoms with van der Waals surface area (Å²) >= 11 is 1.67. The Hall–Kier alpha value is -1.50. The minimum atomic E-state index is -0.416. The molecular formula is C17H28N4O2S. The second-order valence-corrected chi connectivity index (χ2v) is 7.69. The Morgan fingerprint density at radius 3 is 2.54 bits per heavy atom. The quantitative estimate of drug-likeness (QED) is 0.555. The maximum atomic E-state index is 12.3. The van der Waals surface area contributed by atoms with Gasteiger partial charge in [0.05, 0.1) is 0 Å². The number of hydrogen-bond acceptors (Lipinski definition) is 4. The topological polar surface area (TPSA) is 72.7 Å². The van der Waals surface area contributed by atoms with Gasteiger partial charge >= 0.3 is 5.69 Å². The summed E-state index contributed by atoms with van der Waals surface area (Å²) in [6.45, 7) is 7.25. The zero-order valence-corrected chi connectivity index (χ0v) is 15.9. The number of hydrogen-bond donors (Lipinski definition) is 1. The number of aryl methyl sites for hydroxylation is 2. The predicted molar refractivity (Wildman–Crippen MR) is 100.0 cm³/mol. The van der Waals surface area contributed by atoms with Crippen molar-refractivity contribution in [2.24, 2.45) is 7.05 Å². The Kier molecular flexibility index (Phi) is 6.71. The molecule has 2 heterocycles. The molecule has 0 aromatic carbocycles. The highest BCUT2D eigenvalue weighted by Crippen LogP contribution is 2.27. The number of nitrogens with one attached hydrogen (secondary N) is 1. The standard InChI is InChI=1S/C17H28N4O2S/c1-5-7-8-9-10-11-21-13-14(18-17(21)24-12(3)6-2)20(4)16(23)19-15(13)22/h12H,5-11H2,1-4H3,(H,19,22,23)/t12-/m1/s1. The maximum Gasteiger partial charge on any atom is 0.329 e. The van der Waals surface area contributed by atoms with Crippen LogP contribution in [-0.2, 0) is 13.6 Å². The van der Waals surface area contributed by atoms with E-state index in [-0.39, 0.29) is 5.56 Å². The lowest BCUT2D eigenvalue weighted by Gasteiger charge is -2.11. The van der Waals surface area contributed by atoms with E-state index in [0.29, 0.717) is 16.4 Å². The molecule has 1 atom stereocenters. The van der Waals surface area contributed by atoms with E-state index in [0.717, 1.165) is 31.0 Å². The van der Waals surface area contributed by atoms with Crippen molar-refractivity contribution in [1.29, 1.82) is 0 Å². The molecule has 0 aliphatic carbocycles. The Balaban J connectivity index is 2.40. The Morgan fingerprint density at radius 2 is 1.88 bits per heavy atom. The Labute approximate surface area is 146 Å². The summed E-state index contributed by atoms with van der Waals surface area (Å²) in [5.41, 5.74) is 0.229. The number of imidazole rings is 1. The van der Waals surface area contributed by atoms with Crippen LogP contribution in [0.25, 0.3) is 11.2 Å². The van der Waals surface area contributed by atoms with Crippen molar-refractivity contribution in [2.75, 3.05) is 0 Å². The third kappa shape index (κ3) is 4.12. The lowest BCUT2D eigenvalue weighted by atomic mass is 10.1. The molecule has 24 heavy (non-hydrogen) atoms. The number of H-pyrrole nitrogens is 1. The van der Waals surface area contributed by atoms with E-state index >= 15 is 0 Å². The van der Waals surface area contributed by atoms with Gasteiger partial charge in [0.2, 0.25) is 0 Å². The number of aromatic amines is 1. The van der Waals surface area contributed by atoms with E-state index in [1.807, 2.05) is 4.57 Å². The lowest BCUT2D eigenvalue weighted by Crippen LogP contribution is -2.29. The molecule has 0 aliphatic heterocycles. The van der Waals surface area contributed by atoms with E-state index in [1.165, 1.54) is 23.8 Å². The molecule has 0 fully saturated rings. The Morgan fingerprint density at radius 1 is 1.17 bits per heavy atom. The summed E-state index contributed by atoms with van der Waals surface area (Å²) < 4.78 is 3.42. The van der Waals surface area contributed by atoms with Crippen molar-refractivity contribution in [3.05, 3.63) is 20.8 Å². The highest BCUT2D eigenvalue weighted by atomic mass is 32.2. The van der Waals surface area contributed by atoms with Crippen LogP contribution in [0.2, 0.25) is 0 Å². The van der Waals surface area contributed by atoms with Gasteiger partial charge in [0.15, 0.2) is 16.3 Å². The van der Waals surface area contributed by atoms with Gasteiger partial charge in [0.25, 0.3) is 5.56 Å². The van der Waals surface area contributed by atoms with Crippen LogP contribution in [0.4, 0.5) is 0 Å². The van der Waals surface area contributed by atoms with Crippen molar-refractivity contribution >= 4 is 22.9 Å². The fourth-order valence-electron chi connectivity index (χ4n) is 2.65. The summed E-state index contributed by atoms with van der Waals surface area (Å²) in [6, 6.07) is 0. The first-order valence-corrected chi connectivity index (χ1v) is 9.73. The van der Waals surface area contributed by atoms with E-state index in [1.54, 1.807) is 18.8 Å². The molecule has 7 heteroatoms. The van der Waals surface area contributed by atoms with Gasteiger partial charge < -0.3 is 4.57 Å². The van der Waals surface area contributed by atoms with Crippen LogP contribution in [0, 0.1) is 0 Å². The van der Waals surface area contributed by atoms with Crippen molar-refractivity contribution in [2.45, 2.75) is 76.2 Å². The molecule has 1 N–H and O–H groups in total. The average molecular weight is 353 g/mol. The zero-order chi connectivity index (χ0) is 17.7. The van der Waals surface area contributed by atoms with Gasteiger partial charge in [-0.1, -0.05) is 58.2 Å². The van der Waals surface area contributed by atoms with Gasteiger partial charge in [-0.05, 0) is 12.8 Å². The normalized spacial score (nSPS) is 12.8. The van der Waals surface area contributed by atoms with Gasteiger partial charge in [-0.25, -0.2) is 9.78 Å². The number of nitrogens with zero attached hydrogens (tertiary/aromatic N) is 3. The number of unbranched alkanes of at least 4 members (excludes halogenated alkanes) is 4. The molecule has 134 valence electrons. The first-order chi connectivity index (χ1) is 11.5. The van der Waals surface area contributed by atoms with Crippen LogP contribution in [0.1, 0.15) is 59.3 Å². The predicted octanol–water partition coefficient (Wildman–Crippen LogP) is 3.28. The first kappa shape index (κ1) is 18.8. The summed E-state index contributed by atoms with van der Waals surface area (Å²) in [6.07, 6.45) is 6.86. The van der Waals surface area contributed by atoms with Crippen molar-refractivity contribution in [1.82, 2.24) is 19.1 Å². The second kappa shape index (κ2) is 8.55. The van der Waals surface area contributed by atoms with E-state index < -0.39 is 5.69 Å². The average Bonchev–Trinajstić information content (AvgIpc) is 2.91. The van der Waals surface area contributed by atoms with Gasteiger partial charge in [0.1, 0.15) is 0 Å².